The molecule has 7 heteroatoms. The zero-order valence-electron chi connectivity index (χ0n) is 14.6. The Morgan fingerprint density at radius 1 is 0.962 bits per heavy atom. The van der Waals surface area contributed by atoms with E-state index in [0.717, 1.165) is 49.3 Å². The fourth-order valence-electron chi connectivity index (χ4n) is 3.19. The van der Waals surface area contributed by atoms with E-state index in [1.807, 2.05) is 43.5 Å². The topological polar surface area (TPSA) is 73.9 Å². The number of aromatic nitrogens is 4. The highest BCUT2D eigenvalue weighted by molar-refractivity contribution is 5.53. The van der Waals surface area contributed by atoms with E-state index in [4.69, 9.17) is 5.26 Å². The predicted molar refractivity (Wildman–Crippen MR) is 99.5 cm³/mol. The van der Waals surface area contributed by atoms with Crippen LogP contribution < -0.4 is 9.80 Å². The van der Waals surface area contributed by atoms with E-state index in [-0.39, 0.29) is 0 Å². The van der Waals surface area contributed by atoms with Crippen molar-refractivity contribution >= 4 is 11.5 Å². The van der Waals surface area contributed by atoms with Crippen molar-refractivity contribution < 1.29 is 0 Å². The van der Waals surface area contributed by atoms with Gasteiger partial charge in [-0.05, 0) is 31.2 Å². The minimum atomic E-state index is 0.695. The summed E-state index contributed by atoms with van der Waals surface area (Å²) in [5.74, 6) is 2.44. The molecular weight excluding hydrogens is 326 g/mol. The van der Waals surface area contributed by atoms with Crippen molar-refractivity contribution in [2.75, 3.05) is 36.0 Å². The smallest absolute Gasteiger partial charge is 0.159 e. The van der Waals surface area contributed by atoms with Crippen molar-refractivity contribution in [2.45, 2.75) is 6.92 Å². The summed E-state index contributed by atoms with van der Waals surface area (Å²) in [6, 6.07) is 13.8. The Morgan fingerprint density at radius 2 is 1.73 bits per heavy atom. The summed E-state index contributed by atoms with van der Waals surface area (Å²) in [5.41, 5.74) is 1.79. The largest absolute Gasteiger partial charge is 0.368 e. The lowest BCUT2D eigenvalue weighted by atomic mass is 10.2. The highest BCUT2D eigenvalue weighted by atomic mass is 15.3. The predicted octanol–water partition coefficient (Wildman–Crippen LogP) is 2.17. The molecule has 1 aromatic carbocycles. The molecule has 0 radical (unpaired) electrons. The number of piperazine rings is 1. The minimum Gasteiger partial charge on any atom is -0.368 e. The summed E-state index contributed by atoms with van der Waals surface area (Å²) in [6.07, 6.45) is 3.62. The lowest BCUT2D eigenvalue weighted by molar-refractivity contribution is 0.644. The number of nitrogens with zero attached hydrogens (tertiary/aromatic N) is 7. The third-order valence-electron chi connectivity index (χ3n) is 4.49. The van der Waals surface area contributed by atoms with Crippen molar-refractivity contribution in [3.63, 3.8) is 0 Å². The second kappa shape index (κ2) is 6.84. The molecule has 0 atom stereocenters. The molecule has 0 unspecified atom stereocenters. The summed E-state index contributed by atoms with van der Waals surface area (Å²) in [4.78, 5) is 13.7. The van der Waals surface area contributed by atoms with Crippen LogP contribution >= 0.6 is 0 Å². The normalized spacial score (nSPS) is 14.3. The quantitative estimate of drug-likeness (QED) is 0.724. The maximum Gasteiger partial charge on any atom is 0.159 e. The van der Waals surface area contributed by atoms with Crippen molar-refractivity contribution in [3.8, 4) is 11.9 Å². The molecule has 1 fully saturated rings. The maximum absolute atomic E-state index is 9.08. The van der Waals surface area contributed by atoms with Crippen molar-refractivity contribution in [2.24, 2.45) is 0 Å². The first-order chi connectivity index (χ1) is 12.7. The number of hydrogen-bond acceptors (Lipinski definition) is 6. The Balaban J connectivity index is 1.50. The van der Waals surface area contributed by atoms with Gasteiger partial charge in [0.25, 0.3) is 0 Å². The molecule has 7 nitrogen and oxygen atoms in total. The van der Waals surface area contributed by atoms with Gasteiger partial charge in [0.1, 0.15) is 11.6 Å². The molecule has 0 spiro atoms. The monoisotopic (exact) mass is 345 g/mol. The first-order valence-electron chi connectivity index (χ1n) is 8.59. The Bertz CT molecular complexity index is 935. The van der Waals surface area contributed by atoms with Gasteiger partial charge in [-0.2, -0.15) is 10.4 Å². The van der Waals surface area contributed by atoms with Crippen LogP contribution in [0, 0.1) is 18.3 Å². The summed E-state index contributed by atoms with van der Waals surface area (Å²) < 4.78 is 1.75. The van der Waals surface area contributed by atoms with Crippen molar-refractivity contribution in [3.05, 3.63) is 60.2 Å². The van der Waals surface area contributed by atoms with Crippen LogP contribution in [0.5, 0.6) is 0 Å². The summed E-state index contributed by atoms with van der Waals surface area (Å²) >= 11 is 0. The lowest BCUT2D eigenvalue weighted by Crippen LogP contribution is -2.47. The van der Waals surface area contributed by atoms with Crippen LogP contribution in [-0.4, -0.2) is 45.9 Å². The third kappa shape index (κ3) is 3.22. The van der Waals surface area contributed by atoms with Gasteiger partial charge in [-0.15, -0.1) is 0 Å². The number of anilines is 2. The van der Waals surface area contributed by atoms with Gasteiger partial charge >= 0.3 is 0 Å². The van der Waals surface area contributed by atoms with Crippen LogP contribution in [0.3, 0.4) is 0 Å². The molecule has 26 heavy (non-hydrogen) atoms. The van der Waals surface area contributed by atoms with E-state index in [0.29, 0.717) is 5.56 Å². The van der Waals surface area contributed by atoms with Crippen LogP contribution in [0.15, 0.2) is 48.8 Å². The molecule has 0 amide bonds. The SMILES string of the molecule is Cc1nc(N2CCN(c3cccc(C#N)c3)CC2)cc(-n2cccn2)n1. The Hall–Kier alpha value is -3.40. The molecule has 1 aliphatic rings. The number of nitriles is 1. The van der Waals surface area contributed by atoms with Gasteiger partial charge in [-0.1, -0.05) is 6.07 Å². The third-order valence-corrected chi connectivity index (χ3v) is 4.49. The Labute approximate surface area is 152 Å². The van der Waals surface area contributed by atoms with Gasteiger partial charge < -0.3 is 9.80 Å². The Morgan fingerprint density at radius 3 is 2.46 bits per heavy atom. The van der Waals surface area contributed by atoms with Crippen molar-refractivity contribution in [1.82, 2.24) is 19.7 Å². The fourth-order valence-corrected chi connectivity index (χ4v) is 3.19. The number of aryl methyl sites for hydroxylation is 1. The average molecular weight is 345 g/mol. The molecule has 1 aliphatic heterocycles. The summed E-state index contributed by atoms with van der Waals surface area (Å²) in [6.45, 7) is 5.40. The van der Waals surface area contributed by atoms with Gasteiger partial charge in [-0.25, -0.2) is 14.6 Å². The van der Waals surface area contributed by atoms with E-state index in [2.05, 4.69) is 37.0 Å². The second-order valence-electron chi connectivity index (χ2n) is 6.22. The molecule has 0 bridgehead atoms. The fraction of sp³-hybridized carbons (Fsp3) is 0.263. The molecule has 3 aromatic rings. The molecular formula is C19H19N7. The molecule has 4 rings (SSSR count). The summed E-state index contributed by atoms with van der Waals surface area (Å²) in [5, 5.41) is 13.3. The van der Waals surface area contributed by atoms with E-state index < -0.39 is 0 Å². The van der Waals surface area contributed by atoms with Crippen LogP contribution in [-0.2, 0) is 0 Å². The highest BCUT2D eigenvalue weighted by Crippen LogP contribution is 2.21. The zero-order valence-corrected chi connectivity index (χ0v) is 14.6. The lowest BCUT2D eigenvalue weighted by Gasteiger charge is -2.36. The van der Waals surface area contributed by atoms with Gasteiger partial charge in [0, 0.05) is 50.3 Å². The maximum atomic E-state index is 9.08. The standard InChI is InChI=1S/C19H19N7/c1-15-22-18(13-19(23-15)26-7-3-6-21-26)25-10-8-24(9-11-25)17-5-2-4-16(12-17)14-20/h2-7,12-13H,8-11H2,1H3. The van der Waals surface area contributed by atoms with Gasteiger partial charge in [0.05, 0.1) is 11.6 Å². The summed E-state index contributed by atoms with van der Waals surface area (Å²) in [7, 11) is 0. The minimum absolute atomic E-state index is 0.695. The van der Waals surface area contributed by atoms with E-state index in [1.54, 1.807) is 10.9 Å². The molecule has 0 N–H and O–H groups in total. The van der Waals surface area contributed by atoms with Gasteiger partial charge in [-0.3, -0.25) is 0 Å². The molecule has 1 saturated heterocycles. The van der Waals surface area contributed by atoms with Gasteiger partial charge in [0.2, 0.25) is 0 Å². The zero-order chi connectivity index (χ0) is 17.9. The van der Waals surface area contributed by atoms with Crippen LogP contribution in [0.1, 0.15) is 11.4 Å². The van der Waals surface area contributed by atoms with Crippen molar-refractivity contribution in [1.29, 1.82) is 5.26 Å². The van der Waals surface area contributed by atoms with E-state index >= 15 is 0 Å². The first kappa shape index (κ1) is 16.1. The van der Waals surface area contributed by atoms with Crippen LogP contribution in [0.4, 0.5) is 11.5 Å². The first-order valence-corrected chi connectivity index (χ1v) is 8.59. The van der Waals surface area contributed by atoms with E-state index in [9.17, 15) is 0 Å². The Kier molecular flexibility index (Phi) is 4.23. The highest BCUT2D eigenvalue weighted by Gasteiger charge is 2.19. The molecule has 2 aromatic heterocycles. The molecule has 0 aliphatic carbocycles. The van der Waals surface area contributed by atoms with Crippen LogP contribution in [0.25, 0.3) is 5.82 Å². The number of rotatable bonds is 3. The second-order valence-corrected chi connectivity index (χ2v) is 6.22. The molecule has 130 valence electrons. The average Bonchev–Trinajstić information content (AvgIpc) is 3.23. The van der Waals surface area contributed by atoms with E-state index in [1.165, 1.54) is 0 Å². The van der Waals surface area contributed by atoms with Gasteiger partial charge in [0.15, 0.2) is 5.82 Å². The number of benzene rings is 1. The van der Waals surface area contributed by atoms with Crippen LogP contribution in [0.2, 0.25) is 0 Å². The number of hydrogen-bond donors (Lipinski definition) is 0. The molecule has 3 heterocycles. The molecule has 0 saturated carbocycles.